The maximum atomic E-state index is 12.5. The van der Waals surface area contributed by atoms with Gasteiger partial charge >= 0.3 is 0 Å². The number of hydrogen-bond donors (Lipinski definition) is 1. The van der Waals surface area contributed by atoms with Crippen molar-refractivity contribution in [1.29, 1.82) is 5.26 Å². The summed E-state index contributed by atoms with van der Waals surface area (Å²) in [5.74, 6) is 1.96. The van der Waals surface area contributed by atoms with Gasteiger partial charge in [-0.3, -0.25) is 4.79 Å². The Morgan fingerprint density at radius 1 is 1.19 bits per heavy atom. The summed E-state index contributed by atoms with van der Waals surface area (Å²) >= 11 is 0. The van der Waals surface area contributed by atoms with E-state index in [0.29, 0.717) is 16.8 Å². The number of hydrogen-bond acceptors (Lipinski definition) is 7. The summed E-state index contributed by atoms with van der Waals surface area (Å²) in [6.45, 7) is 6.68. The van der Waals surface area contributed by atoms with Crippen molar-refractivity contribution in [3.63, 3.8) is 0 Å². The molecule has 0 spiro atoms. The molecule has 2 fully saturated rings. The Kier molecular flexibility index (Phi) is 5.15. The fourth-order valence-corrected chi connectivity index (χ4v) is 4.40. The Hall–Kier alpha value is -3.64. The van der Waals surface area contributed by atoms with E-state index in [4.69, 9.17) is 9.72 Å². The van der Waals surface area contributed by atoms with Gasteiger partial charge < -0.3 is 19.9 Å². The van der Waals surface area contributed by atoms with Gasteiger partial charge in [-0.15, -0.1) is 0 Å². The Morgan fingerprint density at radius 2 is 1.97 bits per heavy atom. The van der Waals surface area contributed by atoms with Crippen molar-refractivity contribution < 1.29 is 9.53 Å². The Labute approximate surface area is 186 Å². The molecule has 3 aromatic rings. The maximum absolute atomic E-state index is 12.5. The van der Waals surface area contributed by atoms with E-state index >= 15 is 0 Å². The fourth-order valence-electron chi connectivity index (χ4n) is 4.40. The van der Waals surface area contributed by atoms with Gasteiger partial charge in [0, 0.05) is 62.8 Å². The molecule has 0 unspecified atom stereocenters. The van der Waals surface area contributed by atoms with Crippen LogP contribution in [0.1, 0.15) is 11.1 Å². The molecule has 0 atom stereocenters. The molecule has 9 heteroatoms. The third-order valence-electron chi connectivity index (χ3n) is 6.32. The zero-order chi connectivity index (χ0) is 22.2. The molecular formula is C23H25N7O2. The lowest BCUT2D eigenvalue weighted by atomic mass is 10.0. The van der Waals surface area contributed by atoms with Crippen LogP contribution < -0.4 is 15.0 Å². The van der Waals surface area contributed by atoms with Crippen molar-refractivity contribution in [3.05, 3.63) is 41.9 Å². The van der Waals surface area contributed by atoms with E-state index in [1.165, 1.54) is 0 Å². The fraction of sp³-hybridized carbons (Fsp3) is 0.391. The predicted molar refractivity (Wildman–Crippen MR) is 120 cm³/mol. The molecule has 164 valence electrons. The maximum Gasteiger partial charge on any atom is 0.228 e. The second-order valence-corrected chi connectivity index (χ2v) is 8.29. The van der Waals surface area contributed by atoms with Crippen LogP contribution in [0.4, 0.5) is 5.82 Å². The normalized spacial score (nSPS) is 16.7. The molecule has 0 aromatic carbocycles. The molecule has 0 bridgehead atoms. The highest BCUT2D eigenvalue weighted by atomic mass is 16.5. The van der Waals surface area contributed by atoms with Gasteiger partial charge in [-0.05, 0) is 24.6 Å². The van der Waals surface area contributed by atoms with E-state index in [9.17, 15) is 10.1 Å². The molecule has 0 saturated carbocycles. The molecule has 2 aliphatic rings. The van der Waals surface area contributed by atoms with Crippen LogP contribution in [0.3, 0.4) is 0 Å². The first kappa shape index (κ1) is 20.3. The molecule has 32 heavy (non-hydrogen) atoms. The third kappa shape index (κ3) is 3.42. The first-order chi connectivity index (χ1) is 15.6. The van der Waals surface area contributed by atoms with E-state index in [2.05, 4.69) is 34.4 Å². The van der Waals surface area contributed by atoms with E-state index in [1.807, 2.05) is 23.4 Å². The number of fused-ring (bicyclic) bond motifs is 1. The lowest BCUT2D eigenvalue weighted by Crippen LogP contribution is -2.56. The molecule has 5 rings (SSSR count). The summed E-state index contributed by atoms with van der Waals surface area (Å²) in [6.07, 6.45) is 5.28. The quantitative estimate of drug-likeness (QED) is 0.668. The van der Waals surface area contributed by atoms with E-state index in [0.717, 1.165) is 61.8 Å². The van der Waals surface area contributed by atoms with Gasteiger partial charge in [-0.1, -0.05) is 0 Å². The van der Waals surface area contributed by atoms with Crippen molar-refractivity contribution in [3.8, 4) is 22.9 Å². The van der Waals surface area contributed by atoms with Crippen LogP contribution in [-0.4, -0.2) is 71.8 Å². The number of pyridine rings is 2. The van der Waals surface area contributed by atoms with Crippen LogP contribution in [0, 0.1) is 24.2 Å². The van der Waals surface area contributed by atoms with Gasteiger partial charge in [-0.25, -0.2) is 9.50 Å². The molecule has 1 amide bonds. The Morgan fingerprint density at radius 3 is 2.59 bits per heavy atom. The molecule has 0 aliphatic carbocycles. The topological polar surface area (TPSA) is 98.8 Å². The second-order valence-electron chi connectivity index (χ2n) is 8.29. The van der Waals surface area contributed by atoms with Crippen LogP contribution in [0.15, 0.2) is 30.7 Å². The zero-order valence-electron chi connectivity index (χ0n) is 18.2. The minimum absolute atomic E-state index is 0.147. The average Bonchev–Trinajstić information content (AvgIpc) is 3.20. The Bertz CT molecular complexity index is 1220. The number of nitriles is 1. The first-order valence-corrected chi connectivity index (χ1v) is 10.8. The van der Waals surface area contributed by atoms with Crippen molar-refractivity contribution >= 4 is 17.2 Å². The van der Waals surface area contributed by atoms with Crippen molar-refractivity contribution in [2.45, 2.75) is 6.92 Å². The second kappa shape index (κ2) is 8.13. The Balaban J connectivity index is 1.36. The highest BCUT2D eigenvalue weighted by Gasteiger charge is 2.31. The predicted octanol–water partition coefficient (Wildman–Crippen LogP) is 1.45. The number of nitrogens with zero attached hydrogens (tertiary/aromatic N) is 6. The third-order valence-corrected chi connectivity index (χ3v) is 6.32. The van der Waals surface area contributed by atoms with Crippen LogP contribution in [0.2, 0.25) is 0 Å². The highest BCUT2D eigenvalue weighted by molar-refractivity contribution is 5.80. The number of carbonyl (C=O) groups is 1. The molecule has 3 aromatic heterocycles. The van der Waals surface area contributed by atoms with E-state index in [1.54, 1.807) is 17.8 Å². The molecule has 1 N–H and O–H groups in total. The average molecular weight is 432 g/mol. The van der Waals surface area contributed by atoms with Gasteiger partial charge in [0.1, 0.15) is 28.7 Å². The summed E-state index contributed by atoms with van der Waals surface area (Å²) in [7, 11) is 1.59. The van der Waals surface area contributed by atoms with Crippen LogP contribution in [-0.2, 0) is 4.79 Å². The zero-order valence-corrected chi connectivity index (χ0v) is 18.2. The molecular weight excluding hydrogens is 406 g/mol. The number of nitrogens with one attached hydrogen (secondary N) is 1. The minimum Gasteiger partial charge on any atom is -0.494 e. The van der Waals surface area contributed by atoms with Crippen molar-refractivity contribution in [2.75, 3.05) is 51.3 Å². The molecule has 0 radical (unpaired) electrons. The summed E-state index contributed by atoms with van der Waals surface area (Å²) in [5, 5.41) is 16.8. The number of methoxy groups -OCH3 is 1. The smallest absolute Gasteiger partial charge is 0.228 e. The highest BCUT2D eigenvalue weighted by Crippen LogP contribution is 2.31. The van der Waals surface area contributed by atoms with Crippen LogP contribution in [0.25, 0.3) is 16.6 Å². The van der Waals surface area contributed by atoms with Gasteiger partial charge in [0.05, 0.1) is 19.2 Å². The molecule has 5 heterocycles. The number of ether oxygens (including phenoxy) is 1. The summed E-state index contributed by atoms with van der Waals surface area (Å²) in [5.41, 5.74) is 4.07. The summed E-state index contributed by atoms with van der Waals surface area (Å²) in [6, 6.07) is 6.17. The molecule has 9 nitrogen and oxygen atoms in total. The van der Waals surface area contributed by atoms with Crippen molar-refractivity contribution in [1.82, 2.24) is 24.8 Å². The number of carbonyl (C=O) groups excluding carboxylic acids is 1. The monoisotopic (exact) mass is 431 g/mol. The molecule has 2 aliphatic heterocycles. The van der Waals surface area contributed by atoms with Crippen LogP contribution in [0.5, 0.6) is 5.75 Å². The number of amides is 1. The standard InChI is InChI=1S/C23H25N7O2/c1-15-7-16(17-8-20(32-2)21-18(9-24)13-27-30(21)14-17)12-26-22(15)28-3-5-29(6-4-28)23(31)19-10-25-11-19/h7-8,12-14,19,25H,3-6,10-11H2,1-2H3. The van der Waals surface area contributed by atoms with Crippen molar-refractivity contribution in [2.24, 2.45) is 5.92 Å². The number of piperazine rings is 1. The first-order valence-electron chi connectivity index (χ1n) is 10.8. The summed E-state index contributed by atoms with van der Waals surface area (Å²) in [4.78, 5) is 21.5. The SMILES string of the molecule is COc1cc(-c2cnc(N3CCN(C(=O)C4CNC4)CC3)c(C)c2)cn2ncc(C#N)c12. The van der Waals surface area contributed by atoms with Gasteiger partial charge in [0.2, 0.25) is 5.91 Å². The lowest BCUT2D eigenvalue weighted by Gasteiger charge is -2.39. The van der Waals surface area contributed by atoms with E-state index < -0.39 is 0 Å². The minimum atomic E-state index is 0.147. The number of aromatic nitrogens is 3. The summed E-state index contributed by atoms with van der Waals surface area (Å²) < 4.78 is 7.19. The van der Waals surface area contributed by atoms with Gasteiger partial charge in [0.25, 0.3) is 0 Å². The largest absolute Gasteiger partial charge is 0.494 e. The van der Waals surface area contributed by atoms with Crippen LogP contribution >= 0.6 is 0 Å². The van der Waals surface area contributed by atoms with E-state index in [-0.39, 0.29) is 11.8 Å². The molecule has 2 saturated heterocycles. The number of anilines is 1. The van der Waals surface area contributed by atoms with Gasteiger partial charge in [0.15, 0.2) is 0 Å². The number of rotatable bonds is 4. The number of aryl methyl sites for hydroxylation is 1. The lowest BCUT2D eigenvalue weighted by molar-refractivity contribution is -0.137. The van der Waals surface area contributed by atoms with Gasteiger partial charge in [-0.2, -0.15) is 10.4 Å².